The van der Waals surface area contributed by atoms with Crippen molar-refractivity contribution in [2.24, 2.45) is 5.92 Å². The lowest BCUT2D eigenvalue weighted by Gasteiger charge is -2.23. The summed E-state index contributed by atoms with van der Waals surface area (Å²) in [5.74, 6) is -0.431. The van der Waals surface area contributed by atoms with Gasteiger partial charge in [0.05, 0.1) is 12.2 Å². The summed E-state index contributed by atoms with van der Waals surface area (Å²) in [4.78, 5) is 10.2. The lowest BCUT2D eigenvalue weighted by molar-refractivity contribution is -0.116. The minimum atomic E-state index is -0.914. The Bertz CT molecular complexity index is 153. The largest absolute Gasteiger partial charge is 0.389 e. The van der Waals surface area contributed by atoms with E-state index in [4.69, 9.17) is 10.2 Å². The lowest BCUT2D eigenvalue weighted by Crippen LogP contribution is -2.35. The molecule has 0 aliphatic heterocycles. The van der Waals surface area contributed by atoms with Gasteiger partial charge in [0.1, 0.15) is 6.29 Å². The molecule has 10 heavy (non-hydrogen) atoms. The minimum absolute atomic E-state index is 0.431. The monoisotopic (exact) mass is 142 g/mol. The molecule has 0 spiro atoms. The van der Waals surface area contributed by atoms with Gasteiger partial charge in [-0.15, -0.1) is 0 Å². The van der Waals surface area contributed by atoms with Gasteiger partial charge in [-0.1, -0.05) is 12.2 Å². The first-order valence-corrected chi connectivity index (χ1v) is 3.24. The van der Waals surface area contributed by atoms with Crippen molar-refractivity contribution in [1.82, 2.24) is 0 Å². The number of allylic oxidation sites excluding steroid dienone is 1. The molecule has 1 aliphatic carbocycles. The first-order valence-electron chi connectivity index (χ1n) is 3.24. The molecular weight excluding hydrogens is 132 g/mol. The number of aliphatic hydroxyl groups is 2. The third-order valence-electron chi connectivity index (χ3n) is 1.70. The molecule has 3 heteroatoms. The fourth-order valence-corrected chi connectivity index (χ4v) is 1.02. The van der Waals surface area contributed by atoms with E-state index < -0.39 is 18.1 Å². The molecule has 0 bridgehead atoms. The van der Waals surface area contributed by atoms with E-state index in [0.717, 1.165) is 0 Å². The van der Waals surface area contributed by atoms with Gasteiger partial charge in [-0.05, 0) is 6.42 Å². The number of hydrogen-bond donors (Lipinski definition) is 2. The van der Waals surface area contributed by atoms with E-state index in [1.807, 2.05) is 0 Å². The van der Waals surface area contributed by atoms with Crippen LogP contribution in [0.25, 0.3) is 0 Å². The Morgan fingerprint density at radius 2 is 2.20 bits per heavy atom. The maximum absolute atomic E-state index is 10.2. The summed E-state index contributed by atoms with van der Waals surface area (Å²) in [7, 11) is 0. The van der Waals surface area contributed by atoms with E-state index in [2.05, 4.69) is 0 Å². The summed E-state index contributed by atoms with van der Waals surface area (Å²) in [6.07, 6.45) is 2.63. The van der Waals surface area contributed by atoms with Crippen LogP contribution in [-0.4, -0.2) is 28.7 Å². The number of carbonyl (C=O) groups excluding carboxylic acids is 1. The SMILES string of the molecule is O=CC1CC=C[C@@H](O)[C@@H]1O. The third kappa shape index (κ3) is 1.25. The quantitative estimate of drug-likeness (QED) is 0.382. The number of aliphatic hydroxyl groups excluding tert-OH is 2. The molecular formula is C7H10O3. The molecule has 0 fully saturated rings. The van der Waals surface area contributed by atoms with Crippen molar-refractivity contribution in [2.45, 2.75) is 18.6 Å². The van der Waals surface area contributed by atoms with Crippen LogP contribution >= 0.6 is 0 Å². The molecule has 0 radical (unpaired) electrons. The van der Waals surface area contributed by atoms with Gasteiger partial charge in [0.2, 0.25) is 0 Å². The molecule has 0 heterocycles. The van der Waals surface area contributed by atoms with Crippen LogP contribution in [0.2, 0.25) is 0 Å². The topological polar surface area (TPSA) is 57.5 Å². The number of hydrogen-bond acceptors (Lipinski definition) is 3. The Hall–Kier alpha value is -0.670. The van der Waals surface area contributed by atoms with Crippen LogP contribution in [0.5, 0.6) is 0 Å². The van der Waals surface area contributed by atoms with Crippen molar-refractivity contribution in [3.63, 3.8) is 0 Å². The summed E-state index contributed by atoms with van der Waals surface area (Å²) in [5, 5.41) is 18.1. The van der Waals surface area contributed by atoms with E-state index in [1.165, 1.54) is 6.08 Å². The van der Waals surface area contributed by atoms with E-state index in [1.54, 1.807) is 6.08 Å². The fourth-order valence-electron chi connectivity index (χ4n) is 1.02. The highest BCUT2D eigenvalue weighted by Gasteiger charge is 2.26. The van der Waals surface area contributed by atoms with Gasteiger partial charge < -0.3 is 15.0 Å². The van der Waals surface area contributed by atoms with Gasteiger partial charge in [0, 0.05) is 5.92 Å². The van der Waals surface area contributed by atoms with E-state index in [0.29, 0.717) is 12.7 Å². The van der Waals surface area contributed by atoms with Crippen LogP contribution in [-0.2, 0) is 4.79 Å². The third-order valence-corrected chi connectivity index (χ3v) is 1.70. The van der Waals surface area contributed by atoms with Crippen LogP contribution in [0.1, 0.15) is 6.42 Å². The van der Waals surface area contributed by atoms with Gasteiger partial charge in [-0.25, -0.2) is 0 Å². The van der Waals surface area contributed by atoms with Crippen LogP contribution in [0, 0.1) is 5.92 Å². The van der Waals surface area contributed by atoms with E-state index in [-0.39, 0.29) is 0 Å². The molecule has 0 aromatic carbocycles. The average molecular weight is 142 g/mol. The Balaban J connectivity index is 2.64. The van der Waals surface area contributed by atoms with Crippen LogP contribution in [0.4, 0.5) is 0 Å². The van der Waals surface area contributed by atoms with Crippen molar-refractivity contribution in [3.05, 3.63) is 12.2 Å². The average Bonchev–Trinajstić information content (AvgIpc) is 1.95. The number of aldehydes is 1. The van der Waals surface area contributed by atoms with E-state index >= 15 is 0 Å². The maximum Gasteiger partial charge on any atom is 0.126 e. The Kier molecular flexibility index (Phi) is 2.19. The van der Waals surface area contributed by atoms with Gasteiger partial charge >= 0.3 is 0 Å². The maximum atomic E-state index is 10.2. The fraction of sp³-hybridized carbons (Fsp3) is 0.571. The van der Waals surface area contributed by atoms with Gasteiger partial charge in [0.15, 0.2) is 0 Å². The second kappa shape index (κ2) is 2.94. The van der Waals surface area contributed by atoms with Crippen molar-refractivity contribution in [1.29, 1.82) is 0 Å². The summed E-state index contributed by atoms with van der Waals surface area (Å²) in [6, 6.07) is 0. The molecule has 0 aromatic rings. The first-order chi connectivity index (χ1) is 4.75. The molecule has 0 amide bonds. The predicted molar refractivity (Wildman–Crippen MR) is 35.3 cm³/mol. The van der Waals surface area contributed by atoms with Gasteiger partial charge in [-0.2, -0.15) is 0 Å². The molecule has 1 rings (SSSR count). The molecule has 0 saturated heterocycles. The Labute approximate surface area is 59.0 Å². The van der Waals surface area contributed by atoms with Crippen LogP contribution in [0.15, 0.2) is 12.2 Å². The Morgan fingerprint density at radius 3 is 2.70 bits per heavy atom. The summed E-state index contributed by atoms with van der Waals surface area (Å²) in [6.45, 7) is 0. The number of carbonyl (C=O) groups is 1. The van der Waals surface area contributed by atoms with Crippen LogP contribution in [0.3, 0.4) is 0 Å². The number of rotatable bonds is 1. The highest BCUT2D eigenvalue weighted by Crippen LogP contribution is 2.16. The predicted octanol–water partition coefficient (Wildman–Crippen LogP) is -0.517. The summed E-state index contributed by atoms with van der Waals surface area (Å²) in [5.41, 5.74) is 0. The van der Waals surface area contributed by atoms with Crippen molar-refractivity contribution >= 4 is 6.29 Å². The molecule has 0 aromatic heterocycles. The highest BCUT2D eigenvalue weighted by molar-refractivity contribution is 5.55. The van der Waals surface area contributed by atoms with Gasteiger partial charge in [-0.3, -0.25) is 0 Å². The van der Waals surface area contributed by atoms with Gasteiger partial charge in [0.25, 0.3) is 0 Å². The smallest absolute Gasteiger partial charge is 0.126 e. The second-order valence-electron chi connectivity index (χ2n) is 2.44. The minimum Gasteiger partial charge on any atom is -0.389 e. The van der Waals surface area contributed by atoms with Crippen molar-refractivity contribution < 1.29 is 15.0 Å². The van der Waals surface area contributed by atoms with E-state index in [9.17, 15) is 4.79 Å². The second-order valence-corrected chi connectivity index (χ2v) is 2.44. The molecule has 56 valence electrons. The Morgan fingerprint density at radius 1 is 1.50 bits per heavy atom. The zero-order valence-electron chi connectivity index (χ0n) is 5.47. The normalized spacial score (nSPS) is 39.6. The molecule has 2 N–H and O–H groups in total. The molecule has 0 saturated carbocycles. The molecule has 1 unspecified atom stereocenters. The van der Waals surface area contributed by atoms with Crippen LogP contribution < -0.4 is 0 Å². The lowest BCUT2D eigenvalue weighted by atomic mass is 9.91. The molecule has 3 atom stereocenters. The summed E-state index contributed by atoms with van der Waals surface area (Å²) < 4.78 is 0. The summed E-state index contributed by atoms with van der Waals surface area (Å²) >= 11 is 0. The van der Waals surface area contributed by atoms with Crippen molar-refractivity contribution in [3.8, 4) is 0 Å². The van der Waals surface area contributed by atoms with Crippen molar-refractivity contribution in [2.75, 3.05) is 0 Å². The first kappa shape index (κ1) is 7.44. The zero-order chi connectivity index (χ0) is 7.56. The molecule has 1 aliphatic rings. The highest BCUT2D eigenvalue weighted by atomic mass is 16.3. The standard InChI is InChI=1S/C7H10O3/c8-4-5-2-1-3-6(9)7(5)10/h1,3-7,9-10H,2H2/t5?,6-,7-/m1/s1. The molecule has 3 nitrogen and oxygen atoms in total. The zero-order valence-corrected chi connectivity index (χ0v) is 5.47.